The van der Waals surface area contributed by atoms with Crippen LogP contribution in [0.15, 0.2) is 36.4 Å². The second-order valence-electron chi connectivity index (χ2n) is 10.8. The van der Waals surface area contributed by atoms with Crippen LogP contribution in [0.2, 0.25) is 5.02 Å². The molecule has 2 aromatic rings. The van der Waals surface area contributed by atoms with E-state index in [-0.39, 0.29) is 12.5 Å². The number of carbonyl (C=O) groups is 1. The summed E-state index contributed by atoms with van der Waals surface area (Å²) >= 11 is 6.29. The highest BCUT2D eigenvalue weighted by Gasteiger charge is 2.29. The van der Waals surface area contributed by atoms with Crippen LogP contribution in [-0.2, 0) is 17.7 Å². The number of nitrogens with zero attached hydrogens (tertiary/aromatic N) is 3. The first-order valence-corrected chi connectivity index (χ1v) is 14.2. The Labute approximate surface area is 233 Å². The summed E-state index contributed by atoms with van der Waals surface area (Å²) in [5.41, 5.74) is 4.54. The van der Waals surface area contributed by atoms with Crippen LogP contribution in [0.25, 0.3) is 0 Å². The molecular weight excluding hydrogens is 529 g/mol. The molecule has 0 aromatic heterocycles. The van der Waals surface area contributed by atoms with Crippen molar-refractivity contribution in [3.8, 4) is 0 Å². The molecule has 3 aliphatic rings. The maximum absolute atomic E-state index is 13.3. The van der Waals surface area contributed by atoms with E-state index < -0.39 is 12.6 Å². The lowest BCUT2D eigenvalue weighted by atomic mass is 9.94. The lowest BCUT2D eigenvalue weighted by Crippen LogP contribution is -2.47. The average Bonchev–Trinajstić information content (AvgIpc) is 2.93. The third kappa shape index (κ3) is 7.66. The summed E-state index contributed by atoms with van der Waals surface area (Å²) < 4.78 is 43.4. The van der Waals surface area contributed by atoms with Crippen LogP contribution < -0.4 is 10.2 Å². The molecule has 0 atom stereocenters. The number of amides is 1. The second-order valence-corrected chi connectivity index (χ2v) is 11.3. The minimum absolute atomic E-state index is 0.00130. The molecule has 2 fully saturated rings. The molecule has 0 radical (unpaired) electrons. The van der Waals surface area contributed by atoms with Gasteiger partial charge in [-0.05, 0) is 66.6 Å². The van der Waals surface area contributed by atoms with Gasteiger partial charge in [-0.2, -0.15) is 13.2 Å². The van der Waals surface area contributed by atoms with Gasteiger partial charge in [-0.15, -0.1) is 0 Å². The first-order valence-electron chi connectivity index (χ1n) is 13.8. The smallest absolute Gasteiger partial charge is 0.381 e. The van der Waals surface area contributed by atoms with Crippen molar-refractivity contribution in [1.29, 1.82) is 0 Å². The minimum Gasteiger partial charge on any atom is -0.381 e. The van der Waals surface area contributed by atoms with Gasteiger partial charge in [-0.3, -0.25) is 14.6 Å². The van der Waals surface area contributed by atoms with Crippen molar-refractivity contribution in [2.75, 3.05) is 69.2 Å². The molecule has 212 valence electrons. The Balaban J connectivity index is 1.22. The maximum Gasteiger partial charge on any atom is 0.390 e. The molecule has 39 heavy (non-hydrogen) atoms. The number of ether oxygens (including phenoxy) is 1. The Hall–Kier alpha value is -2.33. The monoisotopic (exact) mass is 564 g/mol. The van der Waals surface area contributed by atoms with Crippen LogP contribution in [0.5, 0.6) is 0 Å². The van der Waals surface area contributed by atoms with E-state index in [4.69, 9.17) is 16.3 Å². The molecular formula is C29H36ClF3N4O2. The van der Waals surface area contributed by atoms with Gasteiger partial charge in [0.2, 0.25) is 0 Å². The Morgan fingerprint density at radius 2 is 1.74 bits per heavy atom. The first-order chi connectivity index (χ1) is 18.7. The second kappa shape index (κ2) is 12.5. The molecule has 0 bridgehead atoms. The molecule has 2 aromatic carbocycles. The summed E-state index contributed by atoms with van der Waals surface area (Å²) in [6.45, 7) is 6.80. The number of alkyl halides is 3. The molecule has 5 rings (SSSR count). The SMILES string of the molecule is O=C(Nc1ccc(Cl)cc1N1CCN(CCC(F)(F)F)CC1)c1ccc2c(c1)CN(CC1CCOCC1)CC2. The zero-order chi connectivity index (χ0) is 27.4. The molecule has 3 aliphatic heterocycles. The van der Waals surface area contributed by atoms with Gasteiger partial charge in [-0.25, -0.2) is 0 Å². The number of fused-ring (bicyclic) bond motifs is 1. The van der Waals surface area contributed by atoms with Gasteiger partial charge >= 0.3 is 6.18 Å². The molecule has 2 saturated heterocycles. The summed E-state index contributed by atoms with van der Waals surface area (Å²) in [6, 6.07) is 11.3. The van der Waals surface area contributed by atoms with Crippen molar-refractivity contribution in [3.63, 3.8) is 0 Å². The van der Waals surface area contributed by atoms with Gasteiger partial charge in [0, 0.05) is 76.2 Å². The van der Waals surface area contributed by atoms with E-state index in [9.17, 15) is 18.0 Å². The highest BCUT2D eigenvalue weighted by atomic mass is 35.5. The van der Waals surface area contributed by atoms with Crippen molar-refractivity contribution in [1.82, 2.24) is 9.80 Å². The molecule has 3 heterocycles. The van der Waals surface area contributed by atoms with Crippen molar-refractivity contribution in [2.45, 2.75) is 38.4 Å². The van der Waals surface area contributed by atoms with E-state index in [2.05, 4.69) is 21.2 Å². The highest BCUT2D eigenvalue weighted by Crippen LogP contribution is 2.32. The summed E-state index contributed by atoms with van der Waals surface area (Å²) in [6.07, 6.45) is -1.76. The van der Waals surface area contributed by atoms with E-state index >= 15 is 0 Å². The van der Waals surface area contributed by atoms with Gasteiger partial charge < -0.3 is 15.0 Å². The fraction of sp³-hybridized carbons (Fsp3) is 0.552. The minimum atomic E-state index is -4.15. The zero-order valence-electron chi connectivity index (χ0n) is 22.1. The molecule has 10 heteroatoms. The molecule has 0 spiro atoms. The number of piperazine rings is 1. The molecule has 0 aliphatic carbocycles. The Morgan fingerprint density at radius 1 is 0.974 bits per heavy atom. The van der Waals surface area contributed by atoms with E-state index in [1.807, 2.05) is 23.1 Å². The van der Waals surface area contributed by atoms with Crippen LogP contribution >= 0.6 is 11.6 Å². The van der Waals surface area contributed by atoms with Crippen LogP contribution in [0.3, 0.4) is 0 Å². The van der Waals surface area contributed by atoms with Crippen LogP contribution in [-0.4, -0.2) is 80.9 Å². The van der Waals surface area contributed by atoms with Gasteiger partial charge in [0.1, 0.15) is 0 Å². The first kappa shape index (κ1) is 28.2. The normalized spacial score (nSPS) is 19.6. The number of nitrogens with one attached hydrogen (secondary N) is 1. The average molecular weight is 565 g/mol. The number of anilines is 2. The lowest BCUT2D eigenvalue weighted by Gasteiger charge is -2.37. The largest absolute Gasteiger partial charge is 0.390 e. The maximum atomic E-state index is 13.3. The summed E-state index contributed by atoms with van der Waals surface area (Å²) in [5.74, 6) is 0.480. The van der Waals surface area contributed by atoms with Crippen molar-refractivity contribution in [2.24, 2.45) is 5.92 Å². The Morgan fingerprint density at radius 3 is 2.49 bits per heavy atom. The summed E-state index contributed by atoms with van der Waals surface area (Å²) in [5, 5.41) is 3.60. The number of rotatable bonds is 7. The number of carbonyl (C=O) groups excluding carboxylic acids is 1. The molecule has 1 amide bonds. The van der Waals surface area contributed by atoms with Crippen LogP contribution in [0.1, 0.15) is 40.7 Å². The van der Waals surface area contributed by atoms with Crippen molar-refractivity contribution < 1.29 is 22.7 Å². The van der Waals surface area contributed by atoms with Crippen molar-refractivity contribution in [3.05, 3.63) is 58.1 Å². The highest BCUT2D eigenvalue weighted by molar-refractivity contribution is 6.31. The molecule has 0 unspecified atom stereocenters. The Kier molecular flexibility index (Phi) is 9.01. The standard InChI is InChI=1S/C29H36ClF3N4O2/c30-25-3-4-26(27(18-25)37-13-11-35(12-14-37)10-8-29(31,32)33)34-28(38)23-2-1-22-5-9-36(20-24(22)17-23)19-21-6-15-39-16-7-21/h1-4,17-18,21H,5-16,19-20H2,(H,34,38). The quantitative estimate of drug-likeness (QED) is 0.484. The van der Waals surface area contributed by atoms with Crippen molar-refractivity contribution >= 4 is 28.9 Å². The lowest BCUT2D eigenvalue weighted by molar-refractivity contribution is -0.138. The van der Waals surface area contributed by atoms with Gasteiger partial charge in [0.25, 0.3) is 5.91 Å². The number of hydrogen-bond acceptors (Lipinski definition) is 5. The van der Waals surface area contributed by atoms with Gasteiger partial charge in [0.05, 0.1) is 17.8 Å². The fourth-order valence-electron chi connectivity index (χ4n) is 5.77. The van der Waals surface area contributed by atoms with E-state index in [1.54, 1.807) is 12.1 Å². The summed E-state index contributed by atoms with van der Waals surface area (Å²) in [7, 11) is 0. The number of benzene rings is 2. The molecule has 6 nitrogen and oxygen atoms in total. The van der Waals surface area contributed by atoms with Gasteiger partial charge in [-0.1, -0.05) is 17.7 Å². The van der Waals surface area contributed by atoms with Gasteiger partial charge in [0.15, 0.2) is 0 Å². The molecule has 1 N–H and O–H groups in total. The number of hydrogen-bond donors (Lipinski definition) is 1. The summed E-state index contributed by atoms with van der Waals surface area (Å²) in [4.78, 5) is 19.7. The van der Waals surface area contributed by atoms with E-state index in [1.165, 1.54) is 11.1 Å². The number of halogens is 4. The Bertz CT molecular complexity index is 1150. The predicted octanol–water partition coefficient (Wildman–Crippen LogP) is 5.45. The fourth-order valence-corrected chi connectivity index (χ4v) is 5.94. The third-order valence-corrected chi connectivity index (χ3v) is 8.28. The molecule has 0 saturated carbocycles. The topological polar surface area (TPSA) is 48.1 Å². The van der Waals surface area contributed by atoms with Crippen LogP contribution in [0.4, 0.5) is 24.5 Å². The van der Waals surface area contributed by atoms with E-state index in [0.29, 0.717) is 48.4 Å². The van der Waals surface area contributed by atoms with E-state index in [0.717, 1.165) is 57.8 Å². The predicted molar refractivity (Wildman–Crippen MR) is 148 cm³/mol. The zero-order valence-corrected chi connectivity index (χ0v) is 22.9. The third-order valence-electron chi connectivity index (χ3n) is 8.05. The van der Waals surface area contributed by atoms with Crippen LogP contribution in [0, 0.1) is 5.92 Å².